The van der Waals surface area contributed by atoms with Crippen molar-refractivity contribution in [2.45, 2.75) is 76.9 Å². The fraction of sp³-hybridized carbons (Fsp3) is 0.938. The predicted molar refractivity (Wildman–Crippen MR) is 76.9 cm³/mol. The Kier molecular flexibility index (Phi) is 5.02. The van der Waals surface area contributed by atoms with Crippen molar-refractivity contribution in [3.63, 3.8) is 0 Å². The summed E-state index contributed by atoms with van der Waals surface area (Å²) in [4.78, 5) is 12.5. The van der Waals surface area contributed by atoms with Gasteiger partial charge in [-0.3, -0.25) is 4.79 Å². The lowest BCUT2D eigenvalue weighted by Gasteiger charge is -2.43. The second-order valence-corrected chi connectivity index (χ2v) is 6.92. The summed E-state index contributed by atoms with van der Waals surface area (Å²) in [5, 5.41) is 0. The van der Waals surface area contributed by atoms with E-state index in [1.54, 1.807) is 0 Å². The van der Waals surface area contributed by atoms with Crippen molar-refractivity contribution in [2.24, 2.45) is 17.6 Å². The molecular weight excluding hydrogens is 238 g/mol. The standard InChI is InChI=1S/C16H29NO2/c1-12(2)10-14(17)15(18)13-6-9-19-16(11-13)7-4-3-5-8-16/h12-14H,3-11,17H2,1-2H3. The first-order valence-electron chi connectivity index (χ1n) is 7.96. The van der Waals surface area contributed by atoms with Gasteiger partial charge in [-0.1, -0.05) is 33.1 Å². The Morgan fingerprint density at radius 3 is 2.63 bits per heavy atom. The van der Waals surface area contributed by atoms with Gasteiger partial charge in [-0.2, -0.15) is 0 Å². The SMILES string of the molecule is CC(C)CC(N)C(=O)C1CCOC2(CCCCC2)C1. The molecule has 1 aliphatic carbocycles. The molecule has 0 bridgehead atoms. The van der Waals surface area contributed by atoms with Crippen LogP contribution in [0.2, 0.25) is 0 Å². The third kappa shape index (κ3) is 3.79. The molecule has 2 N–H and O–H groups in total. The van der Waals surface area contributed by atoms with E-state index in [1.165, 1.54) is 19.3 Å². The van der Waals surface area contributed by atoms with Gasteiger partial charge in [0.25, 0.3) is 0 Å². The highest BCUT2D eigenvalue weighted by Gasteiger charge is 2.41. The molecule has 110 valence electrons. The number of nitrogens with two attached hydrogens (primary N) is 1. The molecule has 0 aromatic carbocycles. The fourth-order valence-electron chi connectivity index (χ4n) is 3.74. The van der Waals surface area contributed by atoms with E-state index in [0.29, 0.717) is 5.92 Å². The van der Waals surface area contributed by atoms with E-state index >= 15 is 0 Å². The van der Waals surface area contributed by atoms with Crippen molar-refractivity contribution < 1.29 is 9.53 Å². The Balaban J connectivity index is 1.94. The van der Waals surface area contributed by atoms with Crippen LogP contribution in [0.15, 0.2) is 0 Å². The van der Waals surface area contributed by atoms with Gasteiger partial charge in [-0.15, -0.1) is 0 Å². The normalized spacial score (nSPS) is 28.5. The van der Waals surface area contributed by atoms with Crippen LogP contribution in [0.3, 0.4) is 0 Å². The summed E-state index contributed by atoms with van der Waals surface area (Å²) in [5.41, 5.74) is 6.08. The molecule has 0 amide bonds. The molecule has 2 aliphatic rings. The minimum Gasteiger partial charge on any atom is -0.375 e. The molecule has 1 aliphatic heterocycles. The zero-order chi connectivity index (χ0) is 13.9. The number of carbonyl (C=O) groups is 1. The van der Waals surface area contributed by atoms with Crippen molar-refractivity contribution in [2.75, 3.05) is 6.61 Å². The molecule has 2 atom stereocenters. The fourth-order valence-corrected chi connectivity index (χ4v) is 3.74. The van der Waals surface area contributed by atoms with Gasteiger partial charge in [-0.25, -0.2) is 0 Å². The first-order valence-corrected chi connectivity index (χ1v) is 7.96. The summed E-state index contributed by atoms with van der Waals surface area (Å²) < 4.78 is 6.05. The van der Waals surface area contributed by atoms with Crippen molar-refractivity contribution in [3.8, 4) is 0 Å². The van der Waals surface area contributed by atoms with Crippen LogP contribution in [0.5, 0.6) is 0 Å². The highest BCUT2D eigenvalue weighted by Crippen LogP contribution is 2.41. The van der Waals surface area contributed by atoms with Crippen molar-refractivity contribution in [1.82, 2.24) is 0 Å². The van der Waals surface area contributed by atoms with E-state index in [0.717, 1.165) is 38.7 Å². The van der Waals surface area contributed by atoms with Gasteiger partial charge in [0.05, 0.1) is 11.6 Å². The minimum absolute atomic E-state index is 0.00831. The van der Waals surface area contributed by atoms with Crippen molar-refractivity contribution >= 4 is 5.78 Å². The van der Waals surface area contributed by atoms with Gasteiger partial charge in [0.1, 0.15) is 0 Å². The molecule has 1 saturated carbocycles. The monoisotopic (exact) mass is 267 g/mol. The molecule has 3 nitrogen and oxygen atoms in total. The van der Waals surface area contributed by atoms with Gasteiger partial charge in [0, 0.05) is 12.5 Å². The van der Waals surface area contributed by atoms with Crippen LogP contribution in [0, 0.1) is 11.8 Å². The molecular formula is C16H29NO2. The Bertz CT molecular complexity index is 302. The highest BCUT2D eigenvalue weighted by molar-refractivity contribution is 5.86. The topological polar surface area (TPSA) is 52.3 Å². The minimum atomic E-state index is -0.274. The second-order valence-electron chi connectivity index (χ2n) is 6.92. The average molecular weight is 267 g/mol. The summed E-state index contributed by atoms with van der Waals surface area (Å²) in [6.45, 7) is 4.99. The third-order valence-corrected chi connectivity index (χ3v) is 4.75. The lowest BCUT2D eigenvalue weighted by Crippen LogP contribution is -2.47. The van der Waals surface area contributed by atoms with Crippen LogP contribution in [0.4, 0.5) is 0 Å². The maximum absolute atomic E-state index is 12.5. The summed E-state index contributed by atoms with van der Waals surface area (Å²) >= 11 is 0. The number of rotatable bonds is 4. The van der Waals surface area contributed by atoms with Crippen LogP contribution >= 0.6 is 0 Å². The summed E-state index contributed by atoms with van der Waals surface area (Å²) in [6, 6.07) is -0.274. The summed E-state index contributed by atoms with van der Waals surface area (Å²) in [5.74, 6) is 0.907. The Morgan fingerprint density at radius 1 is 1.32 bits per heavy atom. The number of carbonyl (C=O) groups excluding carboxylic acids is 1. The van der Waals surface area contributed by atoms with Gasteiger partial charge in [0.2, 0.25) is 0 Å². The zero-order valence-electron chi connectivity index (χ0n) is 12.5. The summed E-state index contributed by atoms with van der Waals surface area (Å²) in [7, 11) is 0. The van der Waals surface area contributed by atoms with Gasteiger partial charge in [-0.05, 0) is 38.0 Å². The van der Waals surface area contributed by atoms with E-state index in [2.05, 4.69) is 13.8 Å². The van der Waals surface area contributed by atoms with E-state index < -0.39 is 0 Å². The highest BCUT2D eigenvalue weighted by atomic mass is 16.5. The summed E-state index contributed by atoms with van der Waals surface area (Å²) in [6.07, 6.45) is 8.67. The maximum atomic E-state index is 12.5. The smallest absolute Gasteiger partial charge is 0.152 e. The quantitative estimate of drug-likeness (QED) is 0.851. The maximum Gasteiger partial charge on any atom is 0.152 e. The van der Waals surface area contributed by atoms with E-state index in [4.69, 9.17) is 10.5 Å². The van der Waals surface area contributed by atoms with Crippen LogP contribution in [-0.2, 0) is 9.53 Å². The van der Waals surface area contributed by atoms with E-state index in [9.17, 15) is 4.79 Å². The number of hydrogen-bond acceptors (Lipinski definition) is 3. The largest absolute Gasteiger partial charge is 0.375 e. The van der Waals surface area contributed by atoms with Crippen LogP contribution < -0.4 is 5.73 Å². The van der Waals surface area contributed by atoms with Gasteiger partial charge in [0.15, 0.2) is 5.78 Å². The molecule has 19 heavy (non-hydrogen) atoms. The lowest BCUT2D eigenvalue weighted by molar-refractivity contribution is -0.144. The zero-order valence-corrected chi connectivity index (χ0v) is 12.5. The Labute approximate surface area is 117 Å². The Morgan fingerprint density at radius 2 is 2.00 bits per heavy atom. The van der Waals surface area contributed by atoms with E-state index in [1.807, 2.05) is 0 Å². The lowest BCUT2D eigenvalue weighted by atomic mass is 9.74. The number of ketones is 1. The van der Waals surface area contributed by atoms with Gasteiger partial charge < -0.3 is 10.5 Å². The molecule has 2 fully saturated rings. The molecule has 1 spiro atoms. The number of Topliss-reactive ketones (excluding diaryl/α,β-unsaturated/α-hetero) is 1. The molecule has 1 saturated heterocycles. The molecule has 1 heterocycles. The number of hydrogen-bond donors (Lipinski definition) is 1. The molecule has 2 rings (SSSR count). The van der Waals surface area contributed by atoms with E-state index in [-0.39, 0.29) is 23.3 Å². The first-order chi connectivity index (χ1) is 9.02. The van der Waals surface area contributed by atoms with Crippen molar-refractivity contribution in [1.29, 1.82) is 0 Å². The molecule has 0 radical (unpaired) electrons. The van der Waals surface area contributed by atoms with Crippen molar-refractivity contribution in [3.05, 3.63) is 0 Å². The number of ether oxygens (including phenoxy) is 1. The molecule has 0 aromatic rings. The molecule has 2 unspecified atom stereocenters. The third-order valence-electron chi connectivity index (χ3n) is 4.75. The Hall–Kier alpha value is -0.410. The van der Waals surface area contributed by atoms with Crippen LogP contribution in [0.25, 0.3) is 0 Å². The second kappa shape index (κ2) is 6.36. The van der Waals surface area contributed by atoms with Gasteiger partial charge >= 0.3 is 0 Å². The average Bonchev–Trinajstić information content (AvgIpc) is 2.38. The van der Waals surface area contributed by atoms with Crippen LogP contribution in [0.1, 0.15) is 65.2 Å². The van der Waals surface area contributed by atoms with Crippen LogP contribution in [-0.4, -0.2) is 24.0 Å². The first kappa shape index (κ1) is 15.0. The predicted octanol–water partition coefficient (Wildman–Crippen LogP) is 3.06. The molecule has 0 aromatic heterocycles. The molecule has 3 heteroatoms.